The van der Waals surface area contributed by atoms with Crippen molar-refractivity contribution in [2.75, 3.05) is 20.3 Å². The number of carbonyl (C=O) groups excluding carboxylic acids is 1. The summed E-state index contributed by atoms with van der Waals surface area (Å²) in [5.74, 6) is -5.48. The van der Waals surface area contributed by atoms with Gasteiger partial charge in [0.25, 0.3) is 0 Å². The summed E-state index contributed by atoms with van der Waals surface area (Å²) < 4.78 is 35.8. The lowest BCUT2D eigenvalue weighted by atomic mass is 9.83. The predicted molar refractivity (Wildman–Crippen MR) is 97.1 cm³/mol. The molecule has 0 aliphatic carbocycles. The molecular formula is C18H31FO12. The highest BCUT2D eigenvalue weighted by Crippen LogP contribution is 2.39. The fourth-order valence-corrected chi connectivity index (χ4v) is 3.72. The first-order valence-corrected chi connectivity index (χ1v) is 9.81. The maximum absolute atomic E-state index is 15.2. The van der Waals surface area contributed by atoms with E-state index in [1.165, 1.54) is 13.8 Å². The van der Waals surface area contributed by atoms with Crippen LogP contribution >= 0.6 is 0 Å². The molecule has 182 valence electrons. The molecule has 0 spiro atoms. The summed E-state index contributed by atoms with van der Waals surface area (Å²) in [7, 11) is 0.899. The number of alkyl halides is 1. The van der Waals surface area contributed by atoms with Crippen LogP contribution in [0, 0.1) is 5.92 Å². The lowest BCUT2D eigenvalue weighted by molar-refractivity contribution is -0.352. The summed E-state index contributed by atoms with van der Waals surface area (Å²) >= 11 is 0. The van der Waals surface area contributed by atoms with Crippen LogP contribution < -0.4 is 0 Å². The molecule has 0 amide bonds. The SMILES string of the molecule is COC(=O)[C@]1(OCC2O[C@@H](C)C(O)[C@@H](O)[C@H]2O)OC([C@H](O)[C@H](O)CO)[C@H](C)[C@H](O)C1F. The fourth-order valence-electron chi connectivity index (χ4n) is 3.72. The number of aliphatic hydroxyl groups is 7. The molecule has 2 heterocycles. The second-order valence-electron chi connectivity index (χ2n) is 7.90. The quantitative estimate of drug-likeness (QED) is 0.184. The van der Waals surface area contributed by atoms with Crippen LogP contribution in [0.1, 0.15) is 13.8 Å². The zero-order valence-corrected chi connectivity index (χ0v) is 17.3. The zero-order chi connectivity index (χ0) is 23.7. The van der Waals surface area contributed by atoms with Gasteiger partial charge in [-0.15, -0.1) is 0 Å². The number of carbonyl (C=O) groups is 1. The summed E-state index contributed by atoms with van der Waals surface area (Å²) in [4.78, 5) is 12.5. The van der Waals surface area contributed by atoms with Crippen LogP contribution in [-0.4, -0.2) is 129 Å². The van der Waals surface area contributed by atoms with Crippen molar-refractivity contribution in [2.24, 2.45) is 5.92 Å². The molecule has 0 aromatic heterocycles. The van der Waals surface area contributed by atoms with Gasteiger partial charge in [-0.2, -0.15) is 0 Å². The summed E-state index contributed by atoms with van der Waals surface area (Å²) in [5.41, 5.74) is 0. The molecule has 13 heteroatoms. The van der Waals surface area contributed by atoms with Crippen molar-refractivity contribution in [3.05, 3.63) is 0 Å². The van der Waals surface area contributed by atoms with Gasteiger partial charge in [0, 0.05) is 5.92 Å². The van der Waals surface area contributed by atoms with E-state index in [1.807, 2.05) is 0 Å². The maximum atomic E-state index is 15.2. The highest BCUT2D eigenvalue weighted by molar-refractivity contribution is 5.79. The average Bonchev–Trinajstić information content (AvgIpc) is 2.77. The van der Waals surface area contributed by atoms with Gasteiger partial charge in [0.2, 0.25) is 0 Å². The number of halogens is 1. The standard InChI is InChI=1S/C18H31FO12/c1-6-10(22)16(19)18(17(27)28-3,31-15(6)12(24)8(21)4-20)29-5-9-13(25)14(26)11(23)7(2)30-9/h6-16,20-26H,4-5H2,1-3H3/t6-,7+,8-,9?,10+,11?,12-,13+,14-,15?,16?,18-/m1/s1. The Kier molecular flexibility index (Phi) is 8.72. The van der Waals surface area contributed by atoms with Gasteiger partial charge in [0.1, 0.15) is 36.6 Å². The van der Waals surface area contributed by atoms with Gasteiger partial charge in [0.15, 0.2) is 6.17 Å². The average molecular weight is 458 g/mol. The first-order chi connectivity index (χ1) is 14.4. The van der Waals surface area contributed by atoms with Crippen LogP contribution in [0.25, 0.3) is 0 Å². The van der Waals surface area contributed by atoms with Gasteiger partial charge in [-0.25, -0.2) is 9.18 Å². The van der Waals surface area contributed by atoms with Crippen LogP contribution in [0.3, 0.4) is 0 Å². The first kappa shape index (κ1) is 26.3. The Bertz CT molecular complexity index is 606. The third-order valence-electron chi connectivity index (χ3n) is 5.83. The summed E-state index contributed by atoms with van der Waals surface area (Å²) in [6.07, 6.45) is -16.5. The van der Waals surface area contributed by atoms with Gasteiger partial charge < -0.3 is 54.7 Å². The Morgan fingerprint density at radius 2 is 1.71 bits per heavy atom. The number of aliphatic hydroxyl groups excluding tert-OH is 7. The number of methoxy groups -OCH3 is 1. The Labute approximate surface area is 177 Å². The van der Waals surface area contributed by atoms with E-state index in [0.29, 0.717) is 0 Å². The van der Waals surface area contributed by atoms with Crippen molar-refractivity contribution in [1.29, 1.82) is 0 Å². The molecule has 2 aliphatic heterocycles. The molecule has 12 nitrogen and oxygen atoms in total. The fraction of sp³-hybridized carbons (Fsp3) is 0.944. The Morgan fingerprint density at radius 1 is 1.10 bits per heavy atom. The van der Waals surface area contributed by atoms with Crippen LogP contribution in [0.4, 0.5) is 4.39 Å². The number of hydrogen-bond acceptors (Lipinski definition) is 12. The number of rotatable bonds is 7. The third kappa shape index (κ3) is 4.85. The molecule has 4 unspecified atom stereocenters. The van der Waals surface area contributed by atoms with E-state index in [9.17, 15) is 35.4 Å². The van der Waals surface area contributed by atoms with Crippen LogP contribution in [-0.2, 0) is 23.7 Å². The van der Waals surface area contributed by atoms with Crippen molar-refractivity contribution >= 4 is 5.97 Å². The minimum Gasteiger partial charge on any atom is -0.465 e. The Balaban J connectivity index is 2.31. The van der Waals surface area contributed by atoms with E-state index >= 15 is 4.39 Å². The van der Waals surface area contributed by atoms with E-state index in [1.54, 1.807) is 0 Å². The zero-order valence-electron chi connectivity index (χ0n) is 17.3. The molecule has 0 radical (unpaired) electrons. The number of esters is 1. The molecule has 12 atom stereocenters. The molecule has 0 bridgehead atoms. The lowest BCUT2D eigenvalue weighted by Crippen LogP contribution is -2.68. The van der Waals surface area contributed by atoms with Crippen LogP contribution in [0.5, 0.6) is 0 Å². The maximum Gasteiger partial charge on any atom is 0.370 e. The van der Waals surface area contributed by atoms with E-state index in [4.69, 9.17) is 19.3 Å². The van der Waals surface area contributed by atoms with E-state index in [0.717, 1.165) is 7.11 Å². The summed E-state index contributed by atoms with van der Waals surface area (Å²) in [5, 5.41) is 69.3. The first-order valence-electron chi connectivity index (χ1n) is 9.81. The molecule has 31 heavy (non-hydrogen) atoms. The molecule has 0 saturated carbocycles. The van der Waals surface area contributed by atoms with Crippen molar-refractivity contribution in [1.82, 2.24) is 0 Å². The minimum absolute atomic E-state index is 0.739. The van der Waals surface area contributed by atoms with E-state index < -0.39 is 92.0 Å². The van der Waals surface area contributed by atoms with Crippen molar-refractivity contribution < 1.29 is 63.9 Å². The van der Waals surface area contributed by atoms with Crippen molar-refractivity contribution in [3.8, 4) is 0 Å². The minimum atomic E-state index is -2.92. The third-order valence-corrected chi connectivity index (χ3v) is 5.83. The highest BCUT2D eigenvalue weighted by Gasteiger charge is 2.62. The molecule has 2 fully saturated rings. The number of hydrogen-bond donors (Lipinski definition) is 7. The van der Waals surface area contributed by atoms with E-state index in [-0.39, 0.29) is 0 Å². The molecule has 2 rings (SSSR count). The predicted octanol–water partition coefficient (Wildman–Crippen LogP) is -3.81. The lowest BCUT2D eigenvalue weighted by Gasteiger charge is -2.48. The second-order valence-corrected chi connectivity index (χ2v) is 7.90. The Hall–Kier alpha value is -1.00. The monoisotopic (exact) mass is 458 g/mol. The van der Waals surface area contributed by atoms with Gasteiger partial charge in [-0.05, 0) is 6.92 Å². The molecule has 0 aromatic rings. The van der Waals surface area contributed by atoms with Gasteiger partial charge in [-0.1, -0.05) is 6.92 Å². The van der Waals surface area contributed by atoms with Gasteiger partial charge >= 0.3 is 11.8 Å². The molecule has 7 N–H and O–H groups in total. The van der Waals surface area contributed by atoms with Gasteiger partial charge in [0.05, 0.1) is 38.6 Å². The summed E-state index contributed by atoms with van der Waals surface area (Å²) in [6.45, 7) is 1.09. The summed E-state index contributed by atoms with van der Waals surface area (Å²) in [6, 6.07) is 0. The van der Waals surface area contributed by atoms with Crippen LogP contribution in [0.15, 0.2) is 0 Å². The molecule has 2 aliphatic rings. The molecule has 2 saturated heterocycles. The topological polar surface area (TPSA) is 196 Å². The Morgan fingerprint density at radius 3 is 2.26 bits per heavy atom. The highest BCUT2D eigenvalue weighted by atomic mass is 19.1. The van der Waals surface area contributed by atoms with E-state index in [2.05, 4.69) is 4.74 Å². The van der Waals surface area contributed by atoms with Crippen molar-refractivity contribution in [3.63, 3.8) is 0 Å². The second kappa shape index (κ2) is 10.3. The van der Waals surface area contributed by atoms with Crippen molar-refractivity contribution in [2.45, 2.75) is 80.7 Å². The van der Waals surface area contributed by atoms with Crippen LogP contribution in [0.2, 0.25) is 0 Å². The smallest absolute Gasteiger partial charge is 0.370 e. The normalized spacial score (nSPS) is 45.7. The number of ether oxygens (including phenoxy) is 4. The molecular weight excluding hydrogens is 427 g/mol. The van der Waals surface area contributed by atoms with Gasteiger partial charge in [-0.3, -0.25) is 0 Å². The largest absolute Gasteiger partial charge is 0.465 e. The molecule has 0 aromatic carbocycles.